The molecule has 12 rings (SSSR count). The van der Waals surface area contributed by atoms with Crippen molar-refractivity contribution >= 4 is 43.6 Å². The van der Waals surface area contributed by atoms with Gasteiger partial charge >= 0.3 is 0 Å². The van der Waals surface area contributed by atoms with E-state index >= 15 is 0 Å². The predicted molar refractivity (Wildman–Crippen MR) is 242 cm³/mol. The summed E-state index contributed by atoms with van der Waals surface area (Å²) in [6.45, 7) is 0. The SMILES string of the molecule is c1cc(Oc2cccc(-n3nccc3-c3ccc(-n4c5ccccc5c5ccncc54)cc3)c2)cc(-n2nccc2-c2ccc(-n3c4ccccc4c4ccncc43)cc2)c1. The van der Waals surface area contributed by atoms with E-state index in [0.717, 1.165) is 67.3 Å². The van der Waals surface area contributed by atoms with E-state index in [0.29, 0.717) is 11.5 Å². The van der Waals surface area contributed by atoms with E-state index in [-0.39, 0.29) is 0 Å². The molecule has 12 aromatic rings. The highest BCUT2D eigenvalue weighted by Crippen LogP contribution is 2.35. The number of aromatic nitrogens is 8. The van der Waals surface area contributed by atoms with Gasteiger partial charge in [-0.15, -0.1) is 0 Å². The average Bonchev–Trinajstić information content (AvgIpc) is 4.14. The molecule has 0 unspecified atom stereocenters. The van der Waals surface area contributed by atoms with Crippen molar-refractivity contribution in [1.82, 2.24) is 38.7 Å². The van der Waals surface area contributed by atoms with Gasteiger partial charge < -0.3 is 13.9 Å². The number of fused-ring (bicyclic) bond motifs is 6. The molecule has 0 radical (unpaired) electrons. The maximum atomic E-state index is 6.50. The van der Waals surface area contributed by atoms with Crippen LogP contribution in [-0.2, 0) is 0 Å². The number of pyridine rings is 2. The molecule has 0 aliphatic rings. The van der Waals surface area contributed by atoms with E-state index < -0.39 is 0 Å². The number of benzene rings is 6. The standard InChI is InChI=1S/C52H34N8O/c1-3-13-49-43(11-1)45-23-27-53-33-51(45)57(49)37-19-15-35(16-20-37)47-25-29-55-59(47)39-7-5-9-41(31-39)61-42-10-6-8-40(32-42)60-48(26-30-56-60)36-17-21-38(22-18-36)58-50-14-4-2-12-44(50)46-24-28-54-34-52(46)58/h1-34H. The Morgan fingerprint density at radius 1 is 0.344 bits per heavy atom. The van der Waals surface area contributed by atoms with Gasteiger partial charge in [-0.2, -0.15) is 10.2 Å². The molecule has 6 aromatic heterocycles. The number of nitrogens with zero attached hydrogens (tertiary/aromatic N) is 8. The lowest BCUT2D eigenvalue weighted by molar-refractivity contribution is 0.482. The second kappa shape index (κ2) is 14.1. The van der Waals surface area contributed by atoms with Crippen molar-refractivity contribution in [2.24, 2.45) is 0 Å². The molecule has 0 bridgehead atoms. The van der Waals surface area contributed by atoms with Crippen molar-refractivity contribution in [3.8, 4) is 56.8 Å². The van der Waals surface area contributed by atoms with Crippen LogP contribution < -0.4 is 4.74 Å². The van der Waals surface area contributed by atoms with Gasteiger partial charge in [-0.3, -0.25) is 9.97 Å². The molecule has 0 fully saturated rings. The van der Waals surface area contributed by atoms with Crippen LogP contribution in [0.25, 0.3) is 88.9 Å². The summed E-state index contributed by atoms with van der Waals surface area (Å²) in [6.07, 6.45) is 11.2. The summed E-state index contributed by atoms with van der Waals surface area (Å²) in [7, 11) is 0. The third-order valence-electron chi connectivity index (χ3n) is 11.4. The molecule has 0 saturated carbocycles. The topological polar surface area (TPSA) is 80.5 Å². The van der Waals surface area contributed by atoms with E-state index in [1.165, 1.54) is 21.5 Å². The number of ether oxygens (including phenoxy) is 1. The minimum absolute atomic E-state index is 0.697. The fourth-order valence-corrected chi connectivity index (χ4v) is 8.70. The van der Waals surface area contributed by atoms with Gasteiger partial charge in [0.1, 0.15) is 11.5 Å². The fraction of sp³-hybridized carbons (Fsp3) is 0. The highest BCUT2D eigenvalue weighted by Gasteiger charge is 2.16. The molecule has 0 aliphatic carbocycles. The minimum Gasteiger partial charge on any atom is -0.457 e. The lowest BCUT2D eigenvalue weighted by atomic mass is 10.1. The van der Waals surface area contributed by atoms with Crippen molar-refractivity contribution < 1.29 is 4.74 Å². The Balaban J connectivity index is 0.806. The van der Waals surface area contributed by atoms with Crippen LogP contribution in [0.1, 0.15) is 0 Å². The predicted octanol–water partition coefficient (Wildman–Crippen LogP) is 12.2. The lowest BCUT2D eigenvalue weighted by Gasteiger charge is -2.13. The maximum absolute atomic E-state index is 6.50. The summed E-state index contributed by atoms with van der Waals surface area (Å²) in [6, 6.07) is 58.4. The van der Waals surface area contributed by atoms with Crippen LogP contribution >= 0.6 is 0 Å². The first-order chi connectivity index (χ1) is 30.2. The highest BCUT2D eigenvalue weighted by atomic mass is 16.5. The fourth-order valence-electron chi connectivity index (χ4n) is 8.70. The summed E-state index contributed by atoms with van der Waals surface area (Å²) < 4.78 is 14.9. The first-order valence-corrected chi connectivity index (χ1v) is 20.1. The molecule has 6 heterocycles. The lowest BCUT2D eigenvalue weighted by Crippen LogP contribution is -2.01. The summed E-state index contributed by atoms with van der Waals surface area (Å²) in [5, 5.41) is 14.2. The Morgan fingerprint density at radius 3 is 1.26 bits per heavy atom. The summed E-state index contributed by atoms with van der Waals surface area (Å²) >= 11 is 0. The van der Waals surface area contributed by atoms with Gasteiger partial charge in [0.15, 0.2) is 0 Å². The van der Waals surface area contributed by atoms with E-state index in [9.17, 15) is 0 Å². The van der Waals surface area contributed by atoms with Crippen LogP contribution in [0.5, 0.6) is 11.5 Å². The molecule has 0 N–H and O–H groups in total. The Hall–Kier alpha value is -8.56. The smallest absolute Gasteiger partial charge is 0.129 e. The quantitative estimate of drug-likeness (QED) is 0.153. The van der Waals surface area contributed by atoms with Gasteiger partial charge in [0.25, 0.3) is 0 Å². The molecular weight excluding hydrogens is 753 g/mol. The molecule has 6 aromatic carbocycles. The van der Waals surface area contributed by atoms with Crippen LogP contribution in [0.3, 0.4) is 0 Å². The first-order valence-electron chi connectivity index (χ1n) is 20.1. The van der Waals surface area contributed by atoms with Crippen LogP contribution in [0.4, 0.5) is 0 Å². The summed E-state index contributed by atoms with van der Waals surface area (Å²) in [5.41, 5.74) is 12.4. The molecule has 0 spiro atoms. The summed E-state index contributed by atoms with van der Waals surface area (Å²) in [5.74, 6) is 1.39. The molecule has 0 amide bonds. The molecule has 9 heteroatoms. The van der Waals surface area contributed by atoms with Crippen LogP contribution in [0.15, 0.2) is 207 Å². The van der Waals surface area contributed by atoms with E-state index in [1.807, 2.05) is 107 Å². The van der Waals surface area contributed by atoms with Gasteiger partial charge in [-0.25, -0.2) is 9.36 Å². The zero-order valence-corrected chi connectivity index (χ0v) is 32.6. The molecule has 9 nitrogen and oxygen atoms in total. The van der Waals surface area contributed by atoms with Crippen LogP contribution in [-0.4, -0.2) is 38.7 Å². The summed E-state index contributed by atoms with van der Waals surface area (Å²) in [4.78, 5) is 8.87. The van der Waals surface area contributed by atoms with Crippen molar-refractivity contribution in [2.45, 2.75) is 0 Å². The average molecular weight is 787 g/mol. The maximum Gasteiger partial charge on any atom is 0.129 e. The van der Waals surface area contributed by atoms with Crippen LogP contribution in [0, 0.1) is 0 Å². The monoisotopic (exact) mass is 786 g/mol. The van der Waals surface area contributed by atoms with Crippen molar-refractivity contribution in [3.05, 3.63) is 207 Å². The number of hydrogen-bond acceptors (Lipinski definition) is 5. The largest absolute Gasteiger partial charge is 0.457 e. The van der Waals surface area contributed by atoms with Crippen molar-refractivity contribution in [2.75, 3.05) is 0 Å². The Morgan fingerprint density at radius 2 is 0.787 bits per heavy atom. The van der Waals surface area contributed by atoms with Gasteiger partial charge in [-0.05, 0) is 84.9 Å². The third kappa shape index (κ3) is 5.78. The third-order valence-corrected chi connectivity index (χ3v) is 11.4. The second-order valence-electron chi connectivity index (χ2n) is 14.9. The molecular formula is C52H34N8O. The van der Waals surface area contributed by atoms with E-state index in [2.05, 4.69) is 128 Å². The van der Waals surface area contributed by atoms with Crippen molar-refractivity contribution in [3.63, 3.8) is 0 Å². The number of hydrogen-bond donors (Lipinski definition) is 0. The van der Waals surface area contributed by atoms with E-state index in [4.69, 9.17) is 14.9 Å². The van der Waals surface area contributed by atoms with Crippen molar-refractivity contribution in [1.29, 1.82) is 0 Å². The minimum atomic E-state index is 0.697. The Labute approximate surface area is 349 Å². The molecule has 0 saturated heterocycles. The van der Waals surface area contributed by atoms with Gasteiger partial charge in [0, 0.05) is 68.6 Å². The van der Waals surface area contributed by atoms with Gasteiger partial charge in [0.2, 0.25) is 0 Å². The van der Waals surface area contributed by atoms with Gasteiger partial charge in [0.05, 0.1) is 69.6 Å². The first kappa shape index (κ1) is 34.5. The van der Waals surface area contributed by atoms with E-state index in [1.54, 1.807) is 0 Å². The van der Waals surface area contributed by atoms with Gasteiger partial charge in [-0.1, -0.05) is 72.8 Å². The normalized spacial score (nSPS) is 11.6. The van der Waals surface area contributed by atoms with Crippen LogP contribution in [0.2, 0.25) is 0 Å². The Bertz CT molecular complexity index is 3230. The molecule has 0 atom stereocenters. The molecule has 0 aliphatic heterocycles. The number of rotatable bonds is 8. The molecule has 288 valence electrons. The molecule has 61 heavy (non-hydrogen) atoms. The highest BCUT2D eigenvalue weighted by molar-refractivity contribution is 6.09. The second-order valence-corrected chi connectivity index (χ2v) is 14.9. The Kier molecular flexibility index (Phi) is 7.95. The zero-order valence-electron chi connectivity index (χ0n) is 32.6. The number of para-hydroxylation sites is 2. The zero-order chi connectivity index (χ0) is 40.3.